The SMILES string of the molecule is CC(=O)N[C@@H](Cc1ccc(C(N)=[NH2+])cc1)C(=O)NC(C(=O)O)C1CCCCC1. The maximum atomic E-state index is 12.8. The predicted octanol–water partition coefficient (Wildman–Crippen LogP) is -0.652. The third kappa shape index (κ3) is 6.07. The number of aliphatic carboxylic acids is 1. The molecular formula is C20H29N4O4+. The molecule has 8 nitrogen and oxygen atoms in total. The van der Waals surface area contributed by atoms with E-state index in [1.54, 1.807) is 24.3 Å². The van der Waals surface area contributed by atoms with Crippen molar-refractivity contribution in [3.05, 3.63) is 35.4 Å². The summed E-state index contributed by atoms with van der Waals surface area (Å²) in [6, 6.07) is 5.19. The Balaban J connectivity index is 2.11. The molecule has 2 amide bonds. The average molecular weight is 389 g/mol. The van der Waals surface area contributed by atoms with Crippen molar-refractivity contribution in [1.82, 2.24) is 10.6 Å². The molecule has 1 aliphatic rings. The van der Waals surface area contributed by atoms with Gasteiger partial charge in [0, 0.05) is 13.3 Å². The van der Waals surface area contributed by atoms with Crippen LogP contribution in [-0.2, 0) is 20.8 Å². The summed E-state index contributed by atoms with van der Waals surface area (Å²) in [5, 5.41) is 20.4. The van der Waals surface area contributed by atoms with Gasteiger partial charge in [-0.15, -0.1) is 0 Å². The molecule has 1 aromatic carbocycles. The molecule has 0 radical (unpaired) electrons. The minimum absolute atomic E-state index is 0.0875. The van der Waals surface area contributed by atoms with Crippen LogP contribution in [0.25, 0.3) is 0 Å². The number of rotatable bonds is 8. The Kier molecular flexibility index (Phi) is 7.54. The second kappa shape index (κ2) is 9.87. The standard InChI is InChI=1S/C20H28N4O4/c1-12(25)23-16(11-13-7-9-15(10-8-13)18(21)22)19(26)24-17(20(27)28)14-5-3-2-4-6-14/h7-10,14,16-17H,2-6,11H2,1H3,(H3,21,22)(H,23,25)(H,24,26)(H,27,28)/p+1/t16-,17?/m0/s1. The van der Waals surface area contributed by atoms with E-state index in [-0.39, 0.29) is 24.1 Å². The zero-order chi connectivity index (χ0) is 20.7. The van der Waals surface area contributed by atoms with E-state index in [1.807, 2.05) is 0 Å². The molecule has 2 rings (SSSR count). The second-order valence-electron chi connectivity index (χ2n) is 7.33. The second-order valence-corrected chi connectivity index (χ2v) is 7.33. The Morgan fingerprint density at radius 2 is 1.75 bits per heavy atom. The van der Waals surface area contributed by atoms with Crippen molar-refractivity contribution >= 4 is 23.6 Å². The number of carboxylic acid groups (broad SMARTS) is 1. The molecule has 2 atom stereocenters. The Morgan fingerprint density at radius 1 is 1.14 bits per heavy atom. The maximum Gasteiger partial charge on any atom is 0.326 e. The maximum absolute atomic E-state index is 12.8. The number of carboxylic acids is 1. The molecule has 1 unspecified atom stereocenters. The topological polar surface area (TPSA) is 147 Å². The van der Waals surface area contributed by atoms with Gasteiger partial charge in [-0.1, -0.05) is 31.4 Å². The minimum atomic E-state index is -1.04. The quantitative estimate of drug-likeness (QED) is 0.296. The minimum Gasteiger partial charge on any atom is -0.480 e. The highest BCUT2D eigenvalue weighted by Crippen LogP contribution is 2.26. The van der Waals surface area contributed by atoms with Gasteiger partial charge in [-0.2, -0.15) is 0 Å². The van der Waals surface area contributed by atoms with Crippen LogP contribution in [0, 0.1) is 5.92 Å². The van der Waals surface area contributed by atoms with Crippen LogP contribution in [0.2, 0.25) is 0 Å². The fourth-order valence-corrected chi connectivity index (χ4v) is 3.63. The summed E-state index contributed by atoms with van der Waals surface area (Å²) >= 11 is 0. The zero-order valence-corrected chi connectivity index (χ0v) is 16.1. The highest BCUT2D eigenvalue weighted by atomic mass is 16.4. The summed E-state index contributed by atoms with van der Waals surface area (Å²) in [6.07, 6.45) is 4.81. The van der Waals surface area contributed by atoms with Gasteiger partial charge in [-0.05, 0) is 36.5 Å². The molecule has 0 spiro atoms. The number of carbonyl (C=O) groups is 3. The third-order valence-electron chi connectivity index (χ3n) is 5.11. The lowest BCUT2D eigenvalue weighted by Crippen LogP contribution is -2.54. The number of carbonyl (C=O) groups excluding carboxylic acids is 2. The van der Waals surface area contributed by atoms with E-state index < -0.39 is 24.0 Å². The van der Waals surface area contributed by atoms with Crippen LogP contribution in [0.3, 0.4) is 0 Å². The first-order valence-electron chi connectivity index (χ1n) is 9.55. The van der Waals surface area contributed by atoms with E-state index in [0.29, 0.717) is 5.56 Å². The van der Waals surface area contributed by atoms with Gasteiger partial charge in [0.15, 0.2) is 0 Å². The first kappa shape index (κ1) is 21.4. The molecule has 0 bridgehead atoms. The van der Waals surface area contributed by atoms with Crippen molar-refractivity contribution in [1.29, 1.82) is 0 Å². The van der Waals surface area contributed by atoms with Crippen LogP contribution in [0.15, 0.2) is 24.3 Å². The van der Waals surface area contributed by atoms with Crippen LogP contribution >= 0.6 is 0 Å². The van der Waals surface area contributed by atoms with E-state index in [9.17, 15) is 19.5 Å². The molecule has 152 valence electrons. The summed E-state index contributed by atoms with van der Waals surface area (Å²) in [5.41, 5.74) is 7.02. The van der Waals surface area contributed by atoms with Gasteiger partial charge in [0.2, 0.25) is 11.8 Å². The number of nitrogens with one attached hydrogen (secondary N) is 2. The van der Waals surface area contributed by atoms with Crippen molar-refractivity contribution < 1.29 is 24.9 Å². The van der Waals surface area contributed by atoms with Crippen molar-refractivity contribution in [2.75, 3.05) is 0 Å². The number of hydrogen-bond acceptors (Lipinski definition) is 3. The first-order chi connectivity index (χ1) is 13.3. The smallest absolute Gasteiger partial charge is 0.326 e. The van der Waals surface area contributed by atoms with E-state index in [2.05, 4.69) is 10.6 Å². The molecular weight excluding hydrogens is 360 g/mol. The summed E-state index contributed by atoms with van der Waals surface area (Å²) in [5.74, 6) is -1.79. The molecule has 7 N–H and O–H groups in total. The largest absolute Gasteiger partial charge is 0.480 e. The first-order valence-corrected chi connectivity index (χ1v) is 9.55. The van der Waals surface area contributed by atoms with E-state index in [1.165, 1.54) is 6.92 Å². The highest BCUT2D eigenvalue weighted by molar-refractivity contribution is 5.92. The Morgan fingerprint density at radius 3 is 2.25 bits per heavy atom. The molecule has 0 saturated heterocycles. The van der Waals surface area contributed by atoms with E-state index in [0.717, 1.165) is 37.7 Å². The number of benzene rings is 1. The third-order valence-corrected chi connectivity index (χ3v) is 5.11. The average Bonchev–Trinajstić information content (AvgIpc) is 2.66. The Labute approximate surface area is 164 Å². The fourth-order valence-electron chi connectivity index (χ4n) is 3.63. The van der Waals surface area contributed by atoms with Crippen molar-refractivity contribution in [3.8, 4) is 0 Å². The predicted molar refractivity (Wildman–Crippen MR) is 104 cm³/mol. The van der Waals surface area contributed by atoms with Gasteiger partial charge in [-0.3, -0.25) is 20.7 Å². The Hall–Kier alpha value is -2.90. The van der Waals surface area contributed by atoms with Crippen LogP contribution in [0.1, 0.15) is 50.2 Å². The lowest BCUT2D eigenvalue weighted by Gasteiger charge is -2.29. The normalized spacial score (nSPS) is 16.6. The van der Waals surface area contributed by atoms with Gasteiger partial charge in [0.25, 0.3) is 5.84 Å². The van der Waals surface area contributed by atoms with Gasteiger partial charge >= 0.3 is 5.97 Å². The monoisotopic (exact) mass is 389 g/mol. The van der Waals surface area contributed by atoms with Gasteiger partial charge < -0.3 is 15.7 Å². The molecule has 0 aliphatic heterocycles. The summed E-state index contributed by atoms with van der Waals surface area (Å²) in [7, 11) is 0. The number of nitrogens with two attached hydrogens (primary N) is 2. The van der Waals surface area contributed by atoms with Crippen LogP contribution in [0.5, 0.6) is 0 Å². The summed E-state index contributed by atoms with van der Waals surface area (Å²) in [6.45, 7) is 1.32. The van der Waals surface area contributed by atoms with Crippen LogP contribution in [-0.4, -0.2) is 40.8 Å². The molecule has 1 aliphatic carbocycles. The Bertz CT molecular complexity index is 726. The summed E-state index contributed by atoms with van der Waals surface area (Å²) < 4.78 is 0. The molecule has 1 saturated carbocycles. The fraction of sp³-hybridized carbons (Fsp3) is 0.500. The van der Waals surface area contributed by atoms with Crippen molar-refractivity contribution in [2.45, 2.75) is 57.5 Å². The van der Waals surface area contributed by atoms with Crippen molar-refractivity contribution in [3.63, 3.8) is 0 Å². The van der Waals surface area contributed by atoms with Crippen LogP contribution < -0.4 is 21.8 Å². The lowest BCUT2D eigenvalue weighted by molar-refractivity contribution is -0.144. The highest BCUT2D eigenvalue weighted by Gasteiger charge is 2.33. The van der Waals surface area contributed by atoms with Gasteiger partial charge in [0.05, 0.1) is 5.56 Å². The number of amides is 2. The molecule has 28 heavy (non-hydrogen) atoms. The summed E-state index contributed by atoms with van der Waals surface area (Å²) in [4.78, 5) is 36.1. The van der Waals surface area contributed by atoms with E-state index >= 15 is 0 Å². The van der Waals surface area contributed by atoms with Crippen molar-refractivity contribution in [2.24, 2.45) is 11.7 Å². The lowest BCUT2D eigenvalue weighted by atomic mass is 9.83. The zero-order valence-electron chi connectivity index (χ0n) is 16.1. The molecule has 8 heteroatoms. The van der Waals surface area contributed by atoms with Gasteiger partial charge in [-0.25, -0.2) is 4.79 Å². The van der Waals surface area contributed by atoms with E-state index in [4.69, 9.17) is 11.1 Å². The number of amidine groups is 1. The van der Waals surface area contributed by atoms with Gasteiger partial charge in [0.1, 0.15) is 12.1 Å². The van der Waals surface area contributed by atoms with Crippen LogP contribution in [0.4, 0.5) is 0 Å². The molecule has 1 aromatic rings. The molecule has 0 heterocycles. The number of hydrogen-bond donors (Lipinski definition) is 5. The molecule has 1 fully saturated rings. The molecule has 0 aromatic heterocycles.